The van der Waals surface area contributed by atoms with Crippen molar-refractivity contribution >= 4 is 30.7 Å². The molecule has 0 N–H and O–H groups in total. The van der Waals surface area contributed by atoms with Gasteiger partial charge in [-0.2, -0.15) is 0 Å². The highest BCUT2D eigenvalue weighted by Gasteiger charge is 2.05. The van der Waals surface area contributed by atoms with E-state index in [2.05, 4.69) is 133 Å². The van der Waals surface area contributed by atoms with Crippen molar-refractivity contribution in [3.8, 4) is 0 Å². The second-order valence-electron chi connectivity index (χ2n) is 7.24. The molecule has 0 aliphatic rings. The van der Waals surface area contributed by atoms with E-state index in [1.165, 1.54) is 33.4 Å². The Morgan fingerprint density at radius 3 is 0.935 bits per heavy atom. The average Bonchev–Trinajstić information content (AvgIpc) is 2.86. The van der Waals surface area contributed by atoms with Crippen molar-refractivity contribution in [2.24, 2.45) is 0 Å². The van der Waals surface area contributed by atoms with Crippen molar-refractivity contribution < 1.29 is 4.12 Å². The molecule has 1 nitrogen and oxygen atoms in total. The predicted octanol–water partition coefficient (Wildman–Crippen LogP) is 5.35. The fraction of sp³-hybridized carbons (Fsp3) is 0. The second kappa shape index (κ2) is 11.2. The molecule has 0 saturated heterocycles. The molecule has 0 saturated carbocycles. The maximum absolute atomic E-state index is 6.31. The molecule has 0 spiro atoms. The van der Waals surface area contributed by atoms with Gasteiger partial charge in [0, 0.05) is 0 Å². The van der Waals surface area contributed by atoms with Gasteiger partial charge in [-0.05, 0) is 33.4 Å². The molecule has 0 amide bonds. The topological polar surface area (TPSA) is 9.23 Å². The number of hydrogen-bond donors (Lipinski definition) is 0. The highest BCUT2D eigenvalue weighted by atomic mass is 28.3. The molecule has 0 fully saturated rings. The van der Waals surface area contributed by atoms with Crippen LogP contribution in [0.2, 0.25) is 0 Å². The lowest BCUT2D eigenvalue weighted by atomic mass is 10.00. The number of rotatable bonds is 8. The van der Waals surface area contributed by atoms with Crippen LogP contribution in [-0.2, 0) is 4.12 Å². The first kappa shape index (κ1) is 21.0. The zero-order chi connectivity index (χ0) is 21.1. The molecule has 0 heterocycles. The Morgan fingerprint density at radius 1 is 0.419 bits per heavy atom. The quantitative estimate of drug-likeness (QED) is 0.268. The summed E-state index contributed by atoms with van der Waals surface area (Å²) in [6.07, 6.45) is 0. The lowest BCUT2D eigenvalue weighted by Gasteiger charge is -2.10. The first-order valence-corrected chi connectivity index (χ1v) is 13.4. The van der Waals surface area contributed by atoms with Crippen LogP contribution in [0.1, 0.15) is 22.3 Å². The highest BCUT2D eigenvalue weighted by Crippen LogP contribution is 2.24. The summed E-state index contributed by atoms with van der Waals surface area (Å²) < 4.78 is 6.31. The molecule has 4 aromatic carbocycles. The van der Waals surface area contributed by atoms with E-state index in [9.17, 15) is 0 Å². The number of benzene rings is 4. The largest absolute Gasteiger partial charge is 0.458 e. The van der Waals surface area contributed by atoms with Crippen molar-refractivity contribution in [2.75, 3.05) is 0 Å². The Morgan fingerprint density at radius 2 is 0.677 bits per heavy atom. The average molecular weight is 435 g/mol. The van der Waals surface area contributed by atoms with Crippen LogP contribution in [0.5, 0.6) is 0 Å². The smallest absolute Gasteiger partial charge is 0.171 e. The molecule has 31 heavy (non-hydrogen) atoms. The maximum Gasteiger partial charge on any atom is 0.171 e. The summed E-state index contributed by atoms with van der Waals surface area (Å²) in [5, 5.41) is 0. The molecule has 0 unspecified atom stereocenters. The predicted molar refractivity (Wildman–Crippen MR) is 138 cm³/mol. The summed E-state index contributed by atoms with van der Waals surface area (Å²) in [6.45, 7) is 0. The fourth-order valence-corrected chi connectivity index (χ4v) is 6.39. The molecule has 0 radical (unpaired) electrons. The highest BCUT2D eigenvalue weighted by molar-refractivity contribution is 6.51. The van der Waals surface area contributed by atoms with Gasteiger partial charge in [0.25, 0.3) is 0 Å². The Balaban J connectivity index is 1.51. The van der Waals surface area contributed by atoms with Crippen LogP contribution in [0.25, 0.3) is 11.1 Å². The first-order valence-electron chi connectivity index (χ1n) is 10.6. The Bertz CT molecular complexity index is 947. The normalized spacial score (nSPS) is 11.1. The maximum atomic E-state index is 6.31. The van der Waals surface area contributed by atoms with Crippen LogP contribution in [0.15, 0.2) is 133 Å². The molecule has 152 valence electrons. The second-order valence-corrected chi connectivity index (χ2v) is 10.4. The summed E-state index contributed by atoms with van der Waals surface area (Å²) in [4.78, 5) is 0. The molecule has 4 aromatic rings. The molecule has 3 heteroatoms. The summed E-state index contributed by atoms with van der Waals surface area (Å²) in [5.74, 6) is 0. The van der Waals surface area contributed by atoms with Crippen molar-refractivity contribution in [3.05, 3.63) is 155 Å². The van der Waals surface area contributed by atoms with Gasteiger partial charge in [-0.25, -0.2) is 0 Å². The van der Waals surface area contributed by atoms with Gasteiger partial charge >= 0.3 is 0 Å². The van der Waals surface area contributed by atoms with Gasteiger partial charge < -0.3 is 4.12 Å². The van der Waals surface area contributed by atoms with Crippen molar-refractivity contribution in [2.45, 2.75) is 0 Å². The van der Waals surface area contributed by atoms with E-state index in [1.807, 2.05) is 0 Å². The SMILES string of the molecule is C([SiH2]O[SiH2]C=C(c1ccccc1)c1ccccc1)=C(c1ccccc1)c1ccccc1. The summed E-state index contributed by atoms with van der Waals surface area (Å²) in [6, 6.07) is 42.4. The van der Waals surface area contributed by atoms with Crippen LogP contribution in [0, 0.1) is 0 Å². The van der Waals surface area contributed by atoms with Crippen LogP contribution >= 0.6 is 0 Å². The van der Waals surface area contributed by atoms with Gasteiger partial charge in [0.15, 0.2) is 19.5 Å². The molecule has 0 atom stereocenters. The van der Waals surface area contributed by atoms with Crippen LogP contribution in [0.4, 0.5) is 0 Å². The lowest BCUT2D eigenvalue weighted by molar-refractivity contribution is 0.661. The molecule has 0 aromatic heterocycles. The minimum absolute atomic E-state index is 0.771. The van der Waals surface area contributed by atoms with E-state index in [0.29, 0.717) is 0 Å². The standard InChI is InChI=1S/C28H26OSi2/c1-5-13-23(14-6-1)27(24-15-7-2-8-16-24)21-30-29-31-22-28(25-17-9-3-10-18-25)26-19-11-4-12-20-26/h1-22H,30-31H2. The monoisotopic (exact) mass is 434 g/mol. The zero-order valence-electron chi connectivity index (χ0n) is 17.5. The van der Waals surface area contributed by atoms with Gasteiger partial charge in [0.2, 0.25) is 0 Å². The summed E-state index contributed by atoms with van der Waals surface area (Å²) in [5.41, 5.74) is 12.2. The fourth-order valence-electron chi connectivity index (χ4n) is 3.63. The Hall–Kier alpha value is -3.25. The Kier molecular flexibility index (Phi) is 7.61. The van der Waals surface area contributed by atoms with E-state index in [-0.39, 0.29) is 0 Å². The van der Waals surface area contributed by atoms with E-state index in [0.717, 1.165) is 0 Å². The van der Waals surface area contributed by atoms with Crippen molar-refractivity contribution in [3.63, 3.8) is 0 Å². The van der Waals surface area contributed by atoms with Crippen molar-refractivity contribution in [1.29, 1.82) is 0 Å². The third-order valence-corrected chi connectivity index (χ3v) is 8.19. The molecule has 0 aliphatic heterocycles. The van der Waals surface area contributed by atoms with Gasteiger partial charge in [-0.1, -0.05) is 133 Å². The van der Waals surface area contributed by atoms with E-state index < -0.39 is 19.5 Å². The van der Waals surface area contributed by atoms with Crippen molar-refractivity contribution in [1.82, 2.24) is 0 Å². The Labute approximate surface area is 189 Å². The molecule has 4 rings (SSSR count). The molecular formula is C28H26OSi2. The van der Waals surface area contributed by atoms with Gasteiger partial charge in [0.1, 0.15) is 0 Å². The van der Waals surface area contributed by atoms with Crippen LogP contribution < -0.4 is 0 Å². The summed E-state index contributed by atoms with van der Waals surface area (Å²) >= 11 is 0. The van der Waals surface area contributed by atoms with Gasteiger partial charge in [-0.15, -0.1) is 0 Å². The summed E-state index contributed by atoms with van der Waals surface area (Å²) in [7, 11) is -1.54. The third-order valence-electron chi connectivity index (χ3n) is 5.15. The minimum atomic E-state index is -0.771. The molecule has 0 bridgehead atoms. The van der Waals surface area contributed by atoms with Gasteiger partial charge in [-0.3, -0.25) is 0 Å². The van der Waals surface area contributed by atoms with E-state index >= 15 is 0 Å². The van der Waals surface area contributed by atoms with Gasteiger partial charge in [0.05, 0.1) is 0 Å². The zero-order valence-corrected chi connectivity index (χ0v) is 20.4. The minimum Gasteiger partial charge on any atom is -0.458 e. The van der Waals surface area contributed by atoms with E-state index in [1.54, 1.807) is 0 Å². The lowest BCUT2D eigenvalue weighted by Crippen LogP contribution is -2.02. The molecule has 0 aliphatic carbocycles. The van der Waals surface area contributed by atoms with E-state index in [4.69, 9.17) is 4.12 Å². The van der Waals surface area contributed by atoms with Crippen LogP contribution in [-0.4, -0.2) is 19.5 Å². The molecular weight excluding hydrogens is 408 g/mol. The number of hydrogen-bond acceptors (Lipinski definition) is 1. The first-order chi connectivity index (χ1) is 15.4. The third kappa shape index (κ3) is 5.89. The van der Waals surface area contributed by atoms with Crippen LogP contribution in [0.3, 0.4) is 0 Å².